The largest absolute Gasteiger partial charge is 0.489 e. The van der Waals surface area contributed by atoms with Gasteiger partial charge in [-0.3, -0.25) is 9.62 Å². The second-order valence-electron chi connectivity index (χ2n) is 7.49. The molecule has 10 heteroatoms. The van der Waals surface area contributed by atoms with Crippen molar-refractivity contribution in [2.24, 2.45) is 0 Å². The van der Waals surface area contributed by atoms with Gasteiger partial charge in [0.15, 0.2) is 0 Å². The van der Waals surface area contributed by atoms with E-state index in [0.29, 0.717) is 11.4 Å². The summed E-state index contributed by atoms with van der Waals surface area (Å²) in [7, 11) is -4.00. The van der Waals surface area contributed by atoms with E-state index in [2.05, 4.69) is 5.32 Å². The van der Waals surface area contributed by atoms with E-state index in [1.165, 1.54) is 28.6 Å². The summed E-state index contributed by atoms with van der Waals surface area (Å²) in [4.78, 5) is 12.0. The van der Waals surface area contributed by atoms with Gasteiger partial charge < -0.3 is 9.47 Å². The van der Waals surface area contributed by atoms with Crippen molar-refractivity contribution in [1.29, 1.82) is 5.26 Å². The third-order valence-corrected chi connectivity index (χ3v) is 6.21. The van der Waals surface area contributed by atoms with Crippen LogP contribution < -0.4 is 14.4 Å². The molecule has 1 heterocycles. The van der Waals surface area contributed by atoms with Gasteiger partial charge >= 0.3 is 6.09 Å². The number of carbonyl (C=O) groups is 1. The Kier molecular flexibility index (Phi) is 5.83. The molecule has 1 amide bonds. The topological polar surface area (TPSA) is 109 Å². The van der Waals surface area contributed by atoms with Gasteiger partial charge in [-0.05, 0) is 57.2 Å². The number of nitrogens with zero attached hydrogens (tertiary/aromatic N) is 2. The third-order valence-electron chi connectivity index (χ3n) is 4.07. The lowest BCUT2D eigenvalue weighted by atomic mass is 10.2. The molecular weight excluding hydrogens is 430 g/mol. The van der Waals surface area contributed by atoms with E-state index in [4.69, 9.17) is 26.3 Å². The van der Waals surface area contributed by atoms with Crippen molar-refractivity contribution in [3.05, 3.63) is 47.0 Å². The number of ether oxygens (including phenoxy) is 2. The monoisotopic (exact) mass is 449 g/mol. The maximum Gasteiger partial charge on any atom is 0.412 e. The first-order chi connectivity index (χ1) is 14.0. The van der Waals surface area contributed by atoms with Crippen LogP contribution in [0.1, 0.15) is 26.3 Å². The van der Waals surface area contributed by atoms with E-state index in [0.717, 1.165) is 0 Å². The first-order valence-corrected chi connectivity index (χ1v) is 10.8. The van der Waals surface area contributed by atoms with E-state index >= 15 is 0 Å². The summed E-state index contributed by atoms with van der Waals surface area (Å²) in [6.45, 7) is 5.44. The van der Waals surface area contributed by atoms with Gasteiger partial charge in [-0.2, -0.15) is 5.26 Å². The first kappa shape index (κ1) is 21.7. The van der Waals surface area contributed by atoms with Gasteiger partial charge in [0.2, 0.25) is 0 Å². The number of rotatable bonds is 3. The number of fused-ring (bicyclic) bond motifs is 1. The minimum absolute atomic E-state index is 0.0616. The molecule has 0 saturated carbocycles. The molecule has 0 aliphatic carbocycles. The Hall–Kier alpha value is -2.96. The van der Waals surface area contributed by atoms with Crippen LogP contribution >= 0.6 is 11.6 Å². The van der Waals surface area contributed by atoms with Gasteiger partial charge in [0, 0.05) is 5.69 Å². The normalized spacial score (nSPS) is 13.6. The Labute approximate surface area is 180 Å². The highest BCUT2D eigenvalue weighted by Gasteiger charge is 2.31. The molecule has 8 nitrogen and oxygen atoms in total. The van der Waals surface area contributed by atoms with Crippen molar-refractivity contribution >= 4 is 39.1 Å². The molecule has 0 unspecified atom stereocenters. The number of amides is 1. The van der Waals surface area contributed by atoms with Crippen molar-refractivity contribution in [3.8, 4) is 11.8 Å². The van der Waals surface area contributed by atoms with Crippen molar-refractivity contribution in [2.45, 2.75) is 31.3 Å². The van der Waals surface area contributed by atoms with Crippen LogP contribution in [0.4, 0.5) is 16.2 Å². The number of sulfonamides is 1. The average molecular weight is 450 g/mol. The molecule has 158 valence electrons. The highest BCUT2D eigenvalue weighted by atomic mass is 35.5. The van der Waals surface area contributed by atoms with Crippen LogP contribution in [-0.4, -0.2) is 33.3 Å². The van der Waals surface area contributed by atoms with Crippen LogP contribution in [0.25, 0.3) is 0 Å². The van der Waals surface area contributed by atoms with Gasteiger partial charge in [0.25, 0.3) is 10.0 Å². The Morgan fingerprint density at radius 2 is 2.00 bits per heavy atom. The van der Waals surface area contributed by atoms with Gasteiger partial charge in [0.05, 0.1) is 27.7 Å². The number of anilines is 2. The van der Waals surface area contributed by atoms with Gasteiger partial charge in [-0.1, -0.05) is 11.6 Å². The second kappa shape index (κ2) is 8.05. The lowest BCUT2D eigenvalue weighted by molar-refractivity contribution is 0.0636. The molecule has 0 atom stereocenters. The van der Waals surface area contributed by atoms with E-state index in [-0.39, 0.29) is 34.3 Å². The molecule has 0 aromatic heterocycles. The molecule has 0 bridgehead atoms. The van der Waals surface area contributed by atoms with Crippen molar-refractivity contribution in [1.82, 2.24) is 0 Å². The zero-order valence-corrected chi connectivity index (χ0v) is 18.2. The van der Waals surface area contributed by atoms with Crippen LogP contribution in [0.5, 0.6) is 5.75 Å². The minimum Gasteiger partial charge on any atom is -0.489 e. The number of hydrogen-bond donors (Lipinski definition) is 1. The maximum absolute atomic E-state index is 13.3. The summed E-state index contributed by atoms with van der Waals surface area (Å²) < 4.78 is 38.5. The molecule has 1 aliphatic heterocycles. The fourth-order valence-electron chi connectivity index (χ4n) is 2.82. The molecule has 30 heavy (non-hydrogen) atoms. The number of nitrogens with one attached hydrogen (secondary N) is 1. The average Bonchev–Trinajstić information content (AvgIpc) is 2.66. The highest BCUT2D eigenvalue weighted by molar-refractivity contribution is 7.92. The summed E-state index contributed by atoms with van der Waals surface area (Å²) in [5, 5.41) is 11.9. The molecule has 2 aromatic rings. The first-order valence-electron chi connectivity index (χ1n) is 9.00. The third kappa shape index (κ3) is 4.61. The van der Waals surface area contributed by atoms with Crippen LogP contribution in [-0.2, 0) is 14.8 Å². The summed E-state index contributed by atoms with van der Waals surface area (Å²) in [6.07, 6.45) is -0.662. The molecule has 0 spiro atoms. The molecule has 2 aromatic carbocycles. The second-order valence-corrected chi connectivity index (χ2v) is 9.76. The van der Waals surface area contributed by atoms with Crippen LogP contribution in [0.2, 0.25) is 5.02 Å². The van der Waals surface area contributed by atoms with Crippen molar-refractivity contribution in [2.75, 3.05) is 22.8 Å². The summed E-state index contributed by atoms with van der Waals surface area (Å²) in [6, 6.07) is 10.5. The van der Waals surface area contributed by atoms with Crippen molar-refractivity contribution < 1.29 is 22.7 Å². The number of nitriles is 1. The van der Waals surface area contributed by atoms with Crippen molar-refractivity contribution in [3.63, 3.8) is 0 Å². The molecule has 0 saturated heterocycles. The van der Waals surface area contributed by atoms with Gasteiger partial charge in [0.1, 0.15) is 24.0 Å². The molecular formula is C20H20ClN3O5S. The lowest BCUT2D eigenvalue weighted by Gasteiger charge is -2.31. The number of halogens is 1. The van der Waals surface area contributed by atoms with E-state index in [9.17, 15) is 13.2 Å². The molecule has 1 N–H and O–H groups in total. The lowest BCUT2D eigenvalue weighted by Crippen LogP contribution is -2.38. The summed E-state index contributed by atoms with van der Waals surface area (Å²) in [5.41, 5.74) is 0.00133. The van der Waals surface area contributed by atoms with E-state index in [1.807, 2.05) is 6.07 Å². The molecule has 0 fully saturated rings. The van der Waals surface area contributed by atoms with Gasteiger partial charge in [-0.15, -0.1) is 0 Å². The fourth-order valence-corrected chi connectivity index (χ4v) is 4.46. The zero-order chi connectivity index (χ0) is 22.1. The van der Waals surface area contributed by atoms with E-state index < -0.39 is 21.7 Å². The Morgan fingerprint density at radius 3 is 2.67 bits per heavy atom. The Balaban J connectivity index is 1.96. The summed E-state index contributed by atoms with van der Waals surface area (Å²) in [5.74, 6) is 0.356. The standard InChI is InChI=1S/C20H20ClN3O5S/c1-20(2,3)29-19(25)23-14-4-7-18-17(11-14)24(8-9-28-18)30(26,27)15-5-6-16(21)13(10-15)12-22/h4-7,10-11H,8-9H2,1-3H3,(H,23,25). The Bertz CT molecular complexity index is 1140. The molecule has 1 aliphatic rings. The minimum atomic E-state index is -4.00. The number of carbonyl (C=O) groups excluding carboxylic acids is 1. The summed E-state index contributed by atoms with van der Waals surface area (Å²) >= 11 is 5.93. The SMILES string of the molecule is CC(C)(C)OC(=O)Nc1ccc2c(c1)N(S(=O)(=O)c1ccc(Cl)c(C#N)c1)CCO2. The van der Waals surface area contributed by atoms with E-state index in [1.54, 1.807) is 32.9 Å². The number of benzene rings is 2. The van der Waals surface area contributed by atoms with Crippen LogP contribution in [0, 0.1) is 11.3 Å². The predicted octanol–water partition coefficient (Wildman–Crippen LogP) is 4.15. The Morgan fingerprint density at radius 1 is 1.27 bits per heavy atom. The predicted molar refractivity (Wildman–Crippen MR) is 112 cm³/mol. The van der Waals surface area contributed by atoms with Crippen LogP contribution in [0.3, 0.4) is 0 Å². The van der Waals surface area contributed by atoms with Crippen LogP contribution in [0.15, 0.2) is 41.3 Å². The quantitative estimate of drug-likeness (QED) is 0.754. The van der Waals surface area contributed by atoms with Gasteiger partial charge in [-0.25, -0.2) is 13.2 Å². The number of hydrogen-bond acceptors (Lipinski definition) is 6. The zero-order valence-electron chi connectivity index (χ0n) is 16.6. The molecule has 0 radical (unpaired) electrons. The fraction of sp³-hybridized carbons (Fsp3) is 0.300. The highest BCUT2D eigenvalue weighted by Crippen LogP contribution is 2.38. The smallest absolute Gasteiger partial charge is 0.412 e. The molecule has 3 rings (SSSR count). The maximum atomic E-state index is 13.3.